The summed E-state index contributed by atoms with van der Waals surface area (Å²) in [7, 11) is 2.77. The third-order valence-electron chi connectivity index (χ3n) is 5.02. The van der Waals surface area contributed by atoms with Crippen LogP contribution in [0.15, 0.2) is 41.5 Å². The van der Waals surface area contributed by atoms with Gasteiger partial charge in [0.05, 0.1) is 36.6 Å². The van der Waals surface area contributed by atoms with Crippen LogP contribution in [0.3, 0.4) is 0 Å². The number of carbonyl (C=O) groups excluding carboxylic acids is 1. The van der Waals surface area contributed by atoms with Gasteiger partial charge in [-0.2, -0.15) is 0 Å². The fraction of sp³-hybridized carbons (Fsp3) is 0.240. The van der Waals surface area contributed by atoms with E-state index < -0.39 is 11.9 Å². The largest absolute Gasteiger partial charge is 0.492 e. The number of nitrogens with zero attached hydrogens (tertiary/aromatic N) is 1. The number of carboxylic acids is 1. The molecular formula is C25H23Cl3N2O6S. The maximum absolute atomic E-state index is 12.9. The highest BCUT2D eigenvalue weighted by Crippen LogP contribution is 2.39. The Morgan fingerprint density at radius 2 is 1.89 bits per heavy atom. The zero-order chi connectivity index (χ0) is 26.9. The van der Waals surface area contributed by atoms with Gasteiger partial charge in [0.2, 0.25) is 5.76 Å². The topological polar surface area (TPSA) is 107 Å². The molecule has 0 bridgehead atoms. The molecule has 3 rings (SSSR count). The number of halogens is 3. The van der Waals surface area contributed by atoms with E-state index in [-0.39, 0.29) is 26.9 Å². The molecule has 0 saturated carbocycles. The van der Waals surface area contributed by atoms with Crippen LogP contribution >= 0.6 is 46.1 Å². The first-order valence-electron chi connectivity index (χ1n) is 10.9. The Morgan fingerprint density at radius 3 is 2.51 bits per heavy atom. The molecule has 37 heavy (non-hydrogen) atoms. The molecule has 0 atom stereocenters. The van der Waals surface area contributed by atoms with Gasteiger partial charge >= 0.3 is 5.97 Å². The first kappa shape index (κ1) is 28.6. The Balaban J connectivity index is 1.79. The molecule has 8 nitrogen and oxygen atoms in total. The number of benzene rings is 2. The molecule has 0 saturated heterocycles. The van der Waals surface area contributed by atoms with Gasteiger partial charge in [0.15, 0.2) is 16.6 Å². The number of thiazole rings is 1. The molecule has 12 heteroatoms. The van der Waals surface area contributed by atoms with Gasteiger partial charge in [0.1, 0.15) is 0 Å². The fourth-order valence-corrected chi connectivity index (χ4v) is 4.73. The predicted octanol–water partition coefficient (Wildman–Crippen LogP) is 6.85. The average Bonchev–Trinajstić information content (AvgIpc) is 3.34. The molecule has 2 aromatic carbocycles. The van der Waals surface area contributed by atoms with Crippen molar-refractivity contribution in [1.29, 1.82) is 0 Å². The molecule has 1 aromatic heterocycles. The number of alkyl halides is 1. The zero-order valence-corrected chi connectivity index (χ0v) is 22.9. The maximum Gasteiger partial charge on any atom is 0.371 e. The maximum atomic E-state index is 12.9. The van der Waals surface area contributed by atoms with Gasteiger partial charge < -0.3 is 19.3 Å². The number of nitrogens with one attached hydrogen (secondary N) is 1. The molecule has 1 amide bonds. The van der Waals surface area contributed by atoms with E-state index in [1.54, 1.807) is 12.5 Å². The second kappa shape index (κ2) is 13.5. The van der Waals surface area contributed by atoms with E-state index in [1.807, 2.05) is 18.2 Å². The van der Waals surface area contributed by atoms with Crippen molar-refractivity contribution in [2.75, 3.05) is 32.0 Å². The lowest BCUT2D eigenvalue weighted by Gasteiger charge is -2.13. The minimum Gasteiger partial charge on any atom is -0.492 e. The van der Waals surface area contributed by atoms with Crippen LogP contribution in [-0.4, -0.2) is 48.7 Å². The zero-order valence-electron chi connectivity index (χ0n) is 19.8. The minimum absolute atomic E-state index is 0.0841. The van der Waals surface area contributed by atoms with E-state index in [0.29, 0.717) is 40.4 Å². The summed E-state index contributed by atoms with van der Waals surface area (Å²) in [5, 5.41) is 14.2. The minimum atomic E-state index is -1.28. The monoisotopic (exact) mass is 584 g/mol. The number of rotatable bonds is 12. The second-order valence-electron chi connectivity index (χ2n) is 7.44. The standard InChI is InChI=1S/C25H23Cl3N2O6S/c1-34-21(24(32)33)12-16-17(27)10-14(11-18(16)28)23(31)30-25-29-19(13-37-25)15-6-5-7-20(22(15)35-2)36-9-4-3-8-26/h5-7,10-13H,3-4,8-9H2,1-2H3,(H,32,33)(H,29,30,31)/b21-12-. The quantitative estimate of drug-likeness (QED) is 0.104. The highest BCUT2D eigenvalue weighted by Gasteiger charge is 2.18. The Labute approximate surface area is 232 Å². The summed E-state index contributed by atoms with van der Waals surface area (Å²) in [6.07, 6.45) is 2.86. The van der Waals surface area contributed by atoms with Gasteiger partial charge in [0.25, 0.3) is 5.91 Å². The highest BCUT2D eigenvalue weighted by molar-refractivity contribution is 7.14. The van der Waals surface area contributed by atoms with Crippen LogP contribution in [0.2, 0.25) is 10.0 Å². The first-order chi connectivity index (χ1) is 17.8. The first-order valence-corrected chi connectivity index (χ1v) is 13.1. The van der Waals surface area contributed by atoms with Gasteiger partial charge in [-0.25, -0.2) is 9.78 Å². The highest BCUT2D eigenvalue weighted by atomic mass is 35.5. The van der Waals surface area contributed by atoms with Crippen molar-refractivity contribution in [1.82, 2.24) is 4.98 Å². The number of hydrogen-bond donors (Lipinski definition) is 2. The summed E-state index contributed by atoms with van der Waals surface area (Å²) < 4.78 is 16.2. The summed E-state index contributed by atoms with van der Waals surface area (Å²) in [5.41, 5.74) is 1.69. The second-order valence-corrected chi connectivity index (χ2v) is 9.50. The Morgan fingerprint density at radius 1 is 1.16 bits per heavy atom. The normalized spacial score (nSPS) is 11.2. The van der Waals surface area contributed by atoms with Crippen LogP contribution in [0, 0.1) is 0 Å². The number of amides is 1. The van der Waals surface area contributed by atoms with E-state index in [0.717, 1.165) is 12.8 Å². The van der Waals surface area contributed by atoms with Gasteiger partial charge in [-0.3, -0.25) is 10.1 Å². The number of ether oxygens (including phenoxy) is 3. The molecule has 0 aliphatic rings. The molecule has 2 N–H and O–H groups in total. The number of aromatic nitrogens is 1. The third kappa shape index (κ3) is 7.29. The number of anilines is 1. The third-order valence-corrected chi connectivity index (χ3v) is 6.67. The summed E-state index contributed by atoms with van der Waals surface area (Å²) in [4.78, 5) is 28.6. The Hall–Kier alpha value is -2.98. The molecular weight excluding hydrogens is 563 g/mol. The number of carboxylic acid groups (broad SMARTS) is 1. The van der Waals surface area contributed by atoms with Crippen molar-refractivity contribution < 1.29 is 28.9 Å². The van der Waals surface area contributed by atoms with E-state index in [2.05, 4.69) is 10.3 Å². The summed E-state index contributed by atoms with van der Waals surface area (Å²) in [6, 6.07) is 8.27. The van der Waals surface area contributed by atoms with Crippen LogP contribution in [-0.2, 0) is 9.53 Å². The Kier molecular flexibility index (Phi) is 10.5. The van der Waals surface area contributed by atoms with Crippen molar-refractivity contribution in [3.05, 3.63) is 62.6 Å². The van der Waals surface area contributed by atoms with Crippen LogP contribution < -0.4 is 14.8 Å². The van der Waals surface area contributed by atoms with Gasteiger partial charge in [-0.15, -0.1) is 22.9 Å². The molecule has 0 aliphatic heterocycles. The number of carbonyl (C=O) groups is 2. The number of para-hydroxylation sites is 1. The predicted molar refractivity (Wildman–Crippen MR) is 147 cm³/mol. The van der Waals surface area contributed by atoms with Crippen molar-refractivity contribution in [2.45, 2.75) is 12.8 Å². The number of methoxy groups -OCH3 is 2. The molecule has 0 spiro atoms. The van der Waals surface area contributed by atoms with Crippen molar-refractivity contribution in [3.63, 3.8) is 0 Å². The molecule has 1 heterocycles. The molecule has 196 valence electrons. The van der Waals surface area contributed by atoms with Crippen molar-refractivity contribution in [2.24, 2.45) is 0 Å². The number of unbranched alkanes of at least 4 members (excludes halogenated alkanes) is 1. The lowest BCUT2D eigenvalue weighted by Crippen LogP contribution is -2.12. The summed E-state index contributed by atoms with van der Waals surface area (Å²) >= 11 is 19.5. The Bertz CT molecular complexity index is 1290. The molecule has 3 aromatic rings. The fourth-order valence-electron chi connectivity index (χ4n) is 3.24. The number of hydrogen-bond acceptors (Lipinski definition) is 7. The molecule has 0 radical (unpaired) electrons. The van der Waals surface area contributed by atoms with Gasteiger partial charge in [-0.1, -0.05) is 29.3 Å². The SMILES string of the molecule is CO/C(=C\c1c(Cl)cc(C(=O)Nc2nc(-c3cccc(OCCCCCl)c3OC)cs2)cc1Cl)C(=O)O. The molecule has 0 fully saturated rings. The van der Waals surface area contributed by atoms with Gasteiger partial charge in [0, 0.05) is 28.0 Å². The van der Waals surface area contributed by atoms with Crippen LogP contribution in [0.1, 0.15) is 28.8 Å². The summed E-state index contributed by atoms with van der Waals surface area (Å²) in [6.45, 7) is 0.508. The number of aliphatic carboxylic acids is 1. The van der Waals surface area contributed by atoms with Crippen molar-refractivity contribution in [3.8, 4) is 22.8 Å². The lowest BCUT2D eigenvalue weighted by molar-refractivity contribution is -0.135. The van der Waals surface area contributed by atoms with E-state index in [4.69, 9.17) is 54.1 Å². The molecule has 0 unspecified atom stereocenters. The van der Waals surface area contributed by atoms with E-state index in [9.17, 15) is 9.59 Å². The van der Waals surface area contributed by atoms with Crippen LogP contribution in [0.5, 0.6) is 11.5 Å². The summed E-state index contributed by atoms with van der Waals surface area (Å²) in [5.74, 6) is -0.421. The smallest absolute Gasteiger partial charge is 0.371 e. The average molecular weight is 586 g/mol. The lowest BCUT2D eigenvalue weighted by atomic mass is 10.1. The van der Waals surface area contributed by atoms with Crippen molar-refractivity contribution >= 4 is 69.2 Å². The van der Waals surface area contributed by atoms with Gasteiger partial charge in [-0.05, 0) is 43.2 Å². The van der Waals surface area contributed by atoms with E-state index in [1.165, 1.54) is 36.7 Å². The van der Waals surface area contributed by atoms with E-state index >= 15 is 0 Å². The van der Waals surface area contributed by atoms with Crippen LogP contribution in [0.4, 0.5) is 5.13 Å². The van der Waals surface area contributed by atoms with Crippen LogP contribution in [0.25, 0.3) is 17.3 Å². The molecule has 0 aliphatic carbocycles.